The van der Waals surface area contributed by atoms with Crippen molar-refractivity contribution in [2.45, 2.75) is 30.9 Å². The minimum absolute atomic E-state index is 0.00478. The van der Waals surface area contributed by atoms with Crippen LogP contribution < -0.4 is 15.8 Å². The van der Waals surface area contributed by atoms with Crippen molar-refractivity contribution in [3.63, 3.8) is 0 Å². The highest BCUT2D eigenvalue weighted by molar-refractivity contribution is 7.49. The maximum atomic E-state index is 15.8. The van der Waals surface area contributed by atoms with E-state index in [1.165, 1.54) is 12.1 Å². The number of ether oxygens (including phenoxy) is 1. The van der Waals surface area contributed by atoms with Crippen molar-refractivity contribution < 1.29 is 41.6 Å². The summed E-state index contributed by atoms with van der Waals surface area (Å²) in [5.41, 5.74) is -2.50. The summed E-state index contributed by atoms with van der Waals surface area (Å²) in [7, 11) is -4.84. The number of hydrogen-bond acceptors (Lipinski definition) is 9. The first-order chi connectivity index (χ1) is 15.8. The van der Waals surface area contributed by atoms with Gasteiger partial charge in [-0.15, -0.1) is 6.42 Å². The van der Waals surface area contributed by atoms with E-state index in [2.05, 4.69) is 4.52 Å². The lowest BCUT2D eigenvalue weighted by Gasteiger charge is -2.28. The summed E-state index contributed by atoms with van der Waals surface area (Å²) in [5.74, 6) is -2.19. The molecule has 11 nitrogen and oxygen atoms in total. The Balaban J connectivity index is 1.70. The van der Waals surface area contributed by atoms with Crippen LogP contribution in [0.3, 0.4) is 0 Å². The normalized spacial score (nSPS) is 36.4. The van der Waals surface area contributed by atoms with Crippen LogP contribution in [0.4, 0.5) is 4.39 Å². The standard InChI is InChI=1S/C18H16FN2O9P/c1-2-10-7-21(17(25)20-15(10)24)16-13(22)14(23)18(19,29-16)9-28-31(26)27-8-11-5-3-4-6-12(11)30-31/h1,3-7,13-14,16,22-23H,8-9H2,(H,20,24,25)/t13-,14+,16-,18-,31?/m1/s1/i9D2,16D. The van der Waals surface area contributed by atoms with Crippen molar-refractivity contribution in [1.82, 2.24) is 9.55 Å². The van der Waals surface area contributed by atoms with Crippen LogP contribution in [0, 0.1) is 12.3 Å². The molecule has 31 heavy (non-hydrogen) atoms. The number of alkyl halides is 1. The number of nitrogens with one attached hydrogen (secondary N) is 1. The Hall–Kier alpha value is -2.78. The van der Waals surface area contributed by atoms with Gasteiger partial charge in [-0.3, -0.25) is 23.4 Å². The van der Waals surface area contributed by atoms with Crippen molar-refractivity contribution >= 4 is 7.82 Å². The van der Waals surface area contributed by atoms with E-state index in [-0.39, 0.29) is 16.9 Å². The molecule has 5 atom stereocenters. The Labute approximate surface area is 177 Å². The van der Waals surface area contributed by atoms with Crippen LogP contribution in [0.2, 0.25) is 0 Å². The van der Waals surface area contributed by atoms with Crippen molar-refractivity contribution in [3.05, 3.63) is 62.4 Å². The second-order valence-electron chi connectivity index (χ2n) is 6.40. The highest BCUT2D eigenvalue weighted by Gasteiger charge is 2.57. The Morgan fingerprint density at radius 1 is 1.48 bits per heavy atom. The third-order valence-electron chi connectivity index (χ3n) is 4.38. The SMILES string of the molecule is [2H]C([2H])(OP1(=O)OCc2ccccc2O1)[C@@]1(F)O[C@@]([2H])(n2cc(C#C)c(=O)[nH]c2=O)[C@H](O)[C@@H]1O. The van der Waals surface area contributed by atoms with Gasteiger partial charge in [-0.2, -0.15) is 0 Å². The molecule has 1 fully saturated rings. The van der Waals surface area contributed by atoms with E-state index >= 15 is 4.39 Å². The van der Waals surface area contributed by atoms with Crippen molar-refractivity contribution in [3.8, 4) is 18.1 Å². The second kappa shape index (κ2) is 7.72. The zero-order valence-electron chi connectivity index (χ0n) is 18.4. The van der Waals surface area contributed by atoms with Crippen LogP contribution in [0.5, 0.6) is 5.75 Å². The van der Waals surface area contributed by atoms with Gasteiger partial charge in [0.1, 0.15) is 30.1 Å². The first-order valence-corrected chi connectivity index (χ1v) is 10.0. The van der Waals surface area contributed by atoms with Gasteiger partial charge in [-0.25, -0.2) is 13.8 Å². The monoisotopic (exact) mass is 457 g/mol. The van der Waals surface area contributed by atoms with Crippen LogP contribution in [0.25, 0.3) is 0 Å². The molecule has 4 rings (SSSR count). The van der Waals surface area contributed by atoms with Gasteiger partial charge in [0.25, 0.3) is 11.4 Å². The van der Waals surface area contributed by atoms with Gasteiger partial charge in [0.15, 0.2) is 6.20 Å². The van der Waals surface area contributed by atoms with Gasteiger partial charge in [0.2, 0.25) is 0 Å². The average Bonchev–Trinajstić information content (AvgIpc) is 2.94. The van der Waals surface area contributed by atoms with Gasteiger partial charge in [-0.1, -0.05) is 24.1 Å². The smallest absolute Gasteiger partial charge is 0.404 e. The Bertz CT molecular complexity index is 1360. The second-order valence-corrected chi connectivity index (χ2v) is 7.92. The topological polar surface area (TPSA) is 149 Å². The quantitative estimate of drug-likeness (QED) is 0.431. The molecule has 0 amide bonds. The molecule has 0 spiro atoms. The maximum absolute atomic E-state index is 15.8. The van der Waals surface area contributed by atoms with E-state index in [0.717, 1.165) is 0 Å². The molecule has 0 radical (unpaired) electrons. The number of H-pyrrole nitrogens is 1. The minimum atomic E-state index is -4.84. The van der Waals surface area contributed by atoms with Gasteiger partial charge in [-0.05, 0) is 6.07 Å². The first kappa shape index (κ1) is 17.9. The van der Waals surface area contributed by atoms with Crippen LogP contribution in [-0.2, 0) is 25.0 Å². The number of aromatic amines is 1. The van der Waals surface area contributed by atoms with Crippen LogP contribution in [0.1, 0.15) is 21.4 Å². The van der Waals surface area contributed by atoms with Crippen LogP contribution in [-0.4, -0.2) is 44.4 Å². The van der Waals surface area contributed by atoms with Crippen LogP contribution in [0.15, 0.2) is 40.1 Å². The summed E-state index contributed by atoms with van der Waals surface area (Å²) in [6.45, 7) is -4.22. The molecule has 3 N–H and O–H groups in total. The van der Waals surface area contributed by atoms with Crippen molar-refractivity contribution in [2.24, 2.45) is 0 Å². The summed E-state index contributed by atoms with van der Waals surface area (Å²) in [4.78, 5) is 25.6. The van der Waals surface area contributed by atoms with E-state index in [9.17, 15) is 24.4 Å². The Kier molecular flexibility index (Phi) is 4.45. The molecule has 1 aromatic carbocycles. The van der Waals surface area contributed by atoms with E-state index in [1.807, 2.05) is 5.92 Å². The van der Waals surface area contributed by atoms with E-state index in [4.69, 9.17) is 24.3 Å². The number of aliphatic hydroxyl groups excluding tert-OH is 2. The molecule has 2 aromatic rings. The number of hydrogen-bond donors (Lipinski definition) is 3. The van der Waals surface area contributed by atoms with E-state index in [0.29, 0.717) is 11.8 Å². The number of rotatable bonds is 4. The van der Waals surface area contributed by atoms with Crippen LogP contribution >= 0.6 is 7.82 Å². The lowest BCUT2D eigenvalue weighted by molar-refractivity contribution is -0.205. The van der Waals surface area contributed by atoms with Gasteiger partial charge < -0.3 is 19.5 Å². The first-order valence-electron chi connectivity index (χ1n) is 10.1. The molecule has 13 heteroatoms. The number of aliphatic hydroxyl groups is 2. The highest BCUT2D eigenvalue weighted by Crippen LogP contribution is 2.55. The molecule has 0 aliphatic carbocycles. The minimum Gasteiger partial charge on any atom is -0.404 e. The zero-order valence-corrected chi connectivity index (χ0v) is 16.2. The van der Waals surface area contributed by atoms with E-state index in [1.54, 1.807) is 17.1 Å². The number of halogens is 1. The predicted molar refractivity (Wildman–Crippen MR) is 101 cm³/mol. The molecular weight excluding hydrogens is 438 g/mol. The zero-order chi connectivity index (χ0) is 25.1. The molecule has 0 bridgehead atoms. The molecular formula is C18H16FN2O9P. The number of terminal acetylenes is 1. The summed E-state index contributed by atoms with van der Waals surface area (Å²) >= 11 is 0. The molecule has 2 aliphatic rings. The fraction of sp³-hybridized carbons (Fsp3) is 0.333. The molecule has 0 saturated carbocycles. The number of benzene rings is 1. The summed E-state index contributed by atoms with van der Waals surface area (Å²) < 4.78 is 72.5. The summed E-state index contributed by atoms with van der Waals surface area (Å²) in [6.07, 6.45) is -3.01. The molecule has 1 aromatic heterocycles. The Morgan fingerprint density at radius 2 is 2.23 bits per heavy atom. The largest absolute Gasteiger partial charge is 0.530 e. The summed E-state index contributed by atoms with van der Waals surface area (Å²) in [5, 5.41) is 20.7. The average molecular weight is 457 g/mol. The number of para-hydroxylation sites is 1. The molecule has 3 heterocycles. The fourth-order valence-corrected chi connectivity index (χ4v) is 3.89. The molecule has 2 aliphatic heterocycles. The maximum Gasteiger partial charge on any atom is 0.530 e. The molecule has 164 valence electrons. The predicted octanol–water partition coefficient (Wildman–Crippen LogP) is 0.168. The fourth-order valence-electron chi connectivity index (χ4n) is 2.79. The number of phosphoric ester groups is 1. The lowest BCUT2D eigenvalue weighted by Crippen LogP contribution is -2.43. The number of fused-ring (bicyclic) bond motifs is 1. The molecule has 1 unspecified atom stereocenters. The number of nitrogens with zero attached hydrogens (tertiary/aromatic N) is 1. The highest BCUT2D eigenvalue weighted by atomic mass is 31.2. The van der Waals surface area contributed by atoms with Crippen molar-refractivity contribution in [1.29, 1.82) is 0 Å². The van der Waals surface area contributed by atoms with E-state index < -0.39 is 55.5 Å². The lowest BCUT2D eigenvalue weighted by atomic mass is 10.1. The number of aromatic nitrogens is 2. The van der Waals surface area contributed by atoms with Crippen molar-refractivity contribution in [2.75, 3.05) is 6.56 Å². The third kappa shape index (κ3) is 3.83. The van der Waals surface area contributed by atoms with Gasteiger partial charge in [0.05, 0.1) is 10.7 Å². The summed E-state index contributed by atoms with van der Waals surface area (Å²) in [6, 6.07) is 6.08. The van der Waals surface area contributed by atoms with Gasteiger partial charge in [0, 0.05) is 11.8 Å². The third-order valence-corrected chi connectivity index (χ3v) is 5.56. The molecule has 1 saturated heterocycles. The number of phosphoric acid groups is 1. The van der Waals surface area contributed by atoms with Gasteiger partial charge >= 0.3 is 13.5 Å². The Morgan fingerprint density at radius 3 is 2.97 bits per heavy atom.